The number of phenols is 1. The molecule has 2 aromatic carbocycles. The number of aliphatic hydroxyl groups excluding tert-OH is 1. The van der Waals surface area contributed by atoms with Gasteiger partial charge in [-0.1, -0.05) is 44.9 Å². The molecule has 0 unspecified atom stereocenters. The van der Waals surface area contributed by atoms with E-state index in [-0.39, 0.29) is 54.3 Å². The van der Waals surface area contributed by atoms with Crippen LogP contribution in [-0.2, 0) is 20.9 Å². The zero-order chi connectivity index (χ0) is 54.4. The summed E-state index contributed by atoms with van der Waals surface area (Å²) in [5.41, 5.74) is 4.48. The van der Waals surface area contributed by atoms with Crippen LogP contribution in [0, 0.1) is 29.1 Å². The summed E-state index contributed by atoms with van der Waals surface area (Å²) in [6.07, 6.45) is 17.9. The Morgan fingerprint density at radius 3 is 2.29 bits per heavy atom. The van der Waals surface area contributed by atoms with E-state index in [9.17, 15) is 24.6 Å². The van der Waals surface area contributed by atoms with Crippen molar-refractivity contribution >= 4 is 35.2 Å². The fraction of sp³-hybridized carbons (Fsp3) is 0.576. The SMILES string of the molecule is C#Cc1ccc(CNC(=O)[C@@H]2C[C@@H](O)CN2C(=O)[C@@H](NC(=O)C2CCC3(CC2)CC(N2CCC(c4cnc(N5CCN(c6cc(-c7ccccc7O)nnc6NC)CC5)nc4)CC2)C3)C(C)(C)C)c(OCCCN(C)C)c1. The molecule has 9 rings (SSSR count). The summed E-state index contributed by atoms with van der Waals surface area (Å²) in [5, 5.41) is 39.4. The second kappa shape index (κ2) is 24.0. The van der Waals surface area contributed by atoms with E-state index in [1.165, 1.54) is 10.5 Å². The maximum absolute atomic E-state index is 14.4. The minimum atomic E-state index is -0.889. The zero-order valence-corrected chi connectivity index (χ0v) is 46.0. The highest BCUT2D eigenvalue weighted by atomic mass is 16.5. The second-order valence-corrected chi connectivity index (χ2v) is 23.6. The number of hydrogen-bond acceptors (Lipinski definition) is 15. The first-order chi connectivity index (χ1) is 37.0. The molecular formula is C59H80N12O6. The molecule has 5 fully saturated rings. The minimum Gasteiger partial charge on any atom is -0.507 e. The van der Waals surface area contributed by atoms with Gasteiger partial charge in [0.25, 0.3) is 0 Å². The van der Waals surface area contributed by atoms with Gasteiger partial charge in [0.05, 0.1) is 24.1 Å². The lowest BCUT2D eigenvalue weighted by molar-refractivity contribution is -0.145. The van der Waals surface area contributed by atoms with Crippen molar-refractivity contribution in [2.75, 3.05) is 95.2 Å². The van der Waals surface area contributed by atoms with Crippen LogP contribution in [0.3, 0.4) is 0 Å². The normalized spacial score (nSPS) is 23.5. The van der Waals surface area contributed by atoms with Gasteiger partial charge in [0.15, 0.2) is 5.82 Å². The summed E-state index contributed by atoms with van der Waals surface area (Å²) in [7, 11) is 5.86. The fourth-order valence-corrected chi connectivity index (χ4v) is 12.3. The van der Waals surface area contributed by atoms with Crippen molar-refractivity contribution in [1.82, 2.24) is 45.5 Å². The molecule has 0 bridgehead atoms. The number of hydrogen-bond donors (Lipinski definition) is 5. The van der Waals surface area contributed by atoms with Gasteiger partial charge in [-0.05, 0) is 138 Å². The average Bonchev–Trinajstić information content (AvgIpc) is 3.83. The molecule has 18 nitrogen and oxygen atoms in total. The van der Waals surface area contributed by atoms with Gasteiger partial charge in [-0.2, -0.15) is 0 Å². The number of nitrogens with one attached hydrogen (secondary N) is 3. The van der Waals surface area contributed by atoms with E-state index >= 15 is 0 Å². The molecule has 5 heterocycles. The number of aromatic nitrogens is 4. The van der Waals surface area contributed by atoms with Crippen LogP contribution in [0.1, 0.15) is 108 Å². The molecule has 5 aliphatic rings. The van der Waals surface area contributed by atoms with Crippen LogP contribution in [0.15, 0.2) is 60.9 Å². The Morgan fingerprint density at radius 2 is 1.62 bits per heavy atom. The number of benzene rings is 2. The first-order valence-electron chi connectivity index (χ1n) is 27.8. The summed E-state index contributed by atoms with van der Waals surface area (Å²) >= 11 is 0. The van der Waals surface area contributed by atoms with Crippen molar-refractivity contribution in [2.45, 2.75) is 122 Å². The number of anilines is 3. The van der Waals surface area contributed by atoms with Gasteiger partial charge in [0.1, 0.15) is 23.6 Å². The summed E-state index contributed by atoms with van der Waals surface area (Å²) in [6.45, 7) is 12.5. The van der Waals surface area contributed by atoms with E-state index in [2.05, 4.69) is 51.7 Å². The maximum atomic E-state index is 14.4. The van der Waals surface area contributed by atoms with Crippen LogP contribution in [0.2, 0.25) is 0 Å². The maximum Gasteiger partial charge on any atom is 0.246 e. The predicted octanol–water partition coefficient (Wildman–Crippen LogP) is 5.65. The Bertz CT molecular complexity index is 2730. The molecule has 3 saturated heterocycles. The first kappa shape index (κ1) is 55.2. The number of piperidine rings is 1. The van der Waals surface area contributed by atoms with E-state index in [4.69, 9.17) is 21.1 Å². The number of para-hydroxylation sites is 1. The molecule has 3 amide bonds. The van der Waals surface area contributed by atoms with Gasteiger partial charge >= 0.3 is 0 Å². The van der Waals surface area contributed by atoms with Crippen molar-refractivity contribution < 1.29 is 29.3 Å². The van der Waals surface area contributed by atoms with E-state index in [0.717, 1.165) is 121 Å². The Hall–Kier alpha value is -6.55. The molecule has 5 N–H and O–H groups in total. The van der Waals surface area contributed by atoms with Gasteiger partial charge in [-0.25, -0.2) is 9.97 Å². The Labute approximate surface area is 454 Å². The molecule has 4 aromatic rings. The third kappa shape index (κ3) is 12.9. The van der Waals surface area contributed by atoms with Gasteiger partial charge in [-0.15, -0.1) is 16.6 Å². The molecular weight excluding hydrogens is 973 g/mol. The van der Waals surface area contributed by atoms with Crippen molar-refractivity contribution in [3.05, 3.63) is 77.6 Å². The van der Waals surface area contributed by atoms with Crippen LogP contribution in [0.25, 0.3) is 11.3 Å². The van der Waals surface area contributed by atoms with Crippen LogP contribution >= 0.6 is 0 Å². The number of ether oxygens (including phenoxy) is 1. The third-order valence-corrected chi connectivity index (χ3v) is 17.0. The van der Waals surface area contributed by atoms with Crippen molar-refractivity contribution in [1.29, 1.82) is 0 Å². The lowest BCUT2D eigenvalue weighted by atomic mass is 9.56. The number of piperazine rings is 1. The number of amides is 3. The number of rotatable bonds is 17. The van der Waals surface area contributed by atoms with E-state index in [1.54, 1.807) is 18.2 Å². The molecule has 1 spiro atoms. The molecule has 0 radical (unpaired) electrons. The van der Waals surface area contributed by atoms with Crippen LogP contribution < -0.4 is 30.5 Å². The summed E-state index contributed by atoms with van der Waals surface area (Å²) in [5.74, 6) is 4.28. The number of likely N-dealkylation sites (tertiary alicyclic amines) is 2. The predicted molar refractivity (Wildman–Crippen MR) is 298 cm³/mol. The quantitative estimate of drug-likeness (QED) is 0.0641. The number of β-amino-alcohol motifs (C(OH)–C–C–N with tert-alkyl or cyclic N) is 1. The fourth-order valence-electron chi connectivity index (χ4n) is 12.3. The Balaban J connectivity index is 0.712. The number of phenolic OH excluding ortho intramolecular Hbond substituents is 1. The highest BCUT2D eigenvalue weighted by molar-refractivity contribution is 5.93. The van der Waals surface area contributed by atoms with Crippen molar-refractivity contribution in [3.63, 3.8) is 0 Å². The van der Waals surface area contributed by atoms with E-state index in [0.29, 0.717) is 47.0 Å². The monoisotopic (exact) mass is 1050 g/mol. The van der Waals surface area contributed by atoms with Crippen LogP contribution in [-0.4, -0.2) is 167 Å². The van der Waals surface area contributed by atoms with E-state index in [1.807, 2.05) is 84.6 Å². The standard InChI is InChI=1S/C59H80N12O6/c1-8-39-14-15-42(51(30-39)77-29-11-22-67(6)7)35-61-55(75)49-31-45(72)38-71(49)56(76)52(58(2,3)4)64-54(74)41-16-20-59(21-17-41)33-44(34-59)68-23-18-40(19-24-68)43-36-62-57(63-37-43)70-27-25-69(26-28-70)48-32-47(65-66-53(48)60-5)46-12-9-10-13-50(46)73/h1,9-10,12-15,30,32,36-37,40-41,44-45,49,52,72-73H,11,16-29,31,33-35,38H2,2-7H3,(H,60,66)(H,61,75)(H,64,74)/t41?,44?,45-,49+,52-,59?/m1/s1. The molecule has 77 heavy (non-hydrogen) atoms. The summed E-state index contributed by atoms with van der Waals surface area (Å²) in [6, 6.07) is 13.4. The van der Waals surface area contributed by atoms with Crippen LogP contribution in [0.4, 0.5) is 17.5 Å². The molecule has 2 saturated carbocycles. The smallest absolute Gasteiger partial charge is 0.246 e. The largest absolute Gasteiger partial charge is 0.507 e. The number of carbonyl (C=O) groups is 3. The molecule has 3 aliphatic heterocycles. The molecule has 3 atom stereocenters. The minimum absolute atomic E-state index is 0.0134. The molecule has 412 valence electrons. The Kier molecular flexibility index (Phi) is 17.2. The lowest BCUT2D eigenvalue weighted by Gasteiger charge is -2.55. The van der Waals surface area contributed by atoms with Gasteiger partial charge in [0, 0.05) is 100 Å². The first-order valence-corrected chi connectivity index (χ1v) is 27.8. The number of carbonyl (C=O) groups excluding carboxylic acids is 3. The zero-order valence-electron chi connectivity index (χ0n) is 46.0. The van der Waals surface area contributed by atoms with Crippen LogP contribution in [0.5, 0.6) is 11.5 Å². The van der Waals surface area contributed by atoms with Gasteiger partial charge < -0.3 is 55.4 Å². The second-order valence-electron chi connectivity index (χ2n) is 23.6. The number of aromatic hydroxyl groups is 1. The number of terminal acetylenes is 1. The van der Waals surface area contributed by atoms with Crippen molar-refractivity contribution in [3.8, 4) is 35.1 Å². The number of nitrogens with zero attached hydrogens (tertiary/aromatic N) is 9. The Morgan fingerprint density at radius 1 is 0.922 bits per heavy atom. The topological polar surface area (TPSA) is 205 Å². The van der Waals surface area contributed by atoms with Gasteiger partial charge in [-0.3, -0.25) is 14.4 Å². The molecule has 2 aromatic heterocycles. The third-order valence-electron chi connectivity index (χ3n) is 17.0. The summed E-state index contributed by atoms with van der Waals surface area (Å²) < 4.78 is 6.09. The number of aliphatic hydroxyl groups is 1. The lowest BCUT2D eigenvalue weighted by Crippen LogP contribution is -2.59. The van der Waals surface area contributed by atoms with Gasteiger partial charge in [0.2, 0.25) is 23.7 Å². The highest BCUT2D eigenvalue weighted by Gasteiger charge is 2.50. The highest BCUT2D eigenvalue weighted by Crippen LogP contribution is 2.55. The van der Waals surface area contributed by atoms with E-state index < -0.39 is 23.6 Å². The summed E-state index contributed by atoms with van der Waals surface area (Å²) in [4.78, 5) is 62.8. The molecule has 2 aliphatic carbocycles. The van der Waals surface area contributed by atoms with Crippen molar-refractivity contribution in [2.24, 2.45) is 16.7 Å². The average molecular weight is 1050 g/mol. The molecule has 18 heteroatoms.